The van der Waals surface area contributed by atoms with E-state index in [9.17, 15) is 14.7 Å². The summed E-state index contributed by atoms with van der Waals surface area (Å²) >= 11 is 1.19. The summed E-state index contributed by atoms with van der Waals surface area (Å²) in [5.74, 6) is -0.525. The van der Waals surface area contributed by atoms with Crippen LogP contribution in [0, 0.1) is 0 Å². The third-order valence-electron chi connectivity index (χ3n) is 2.24. The van der Waals surface area contributed by atoms with Crippen molar-refractivity contribution in [1.82, 2.24) is 9.97 Å². The van der Waals surface area contributed by atoms with E-state index in [1.807, 2.05) is 0 Å². The number of nitrogens with one attached hydrogen (secondary N) is 2. The Labute approximate surface area is 106 Å². The summed E-state index contributed by atoms with van der Waals surface area (Å²) in [6.07, 6.45) is 2.10. The van der Waals surface area contributed by atoms with Crippen LogP contribution in [0.1, 0.15) is 29.1 Å². The Hall–Kier alpha value is -1.99. The summed E-state index contributed by atoms with van der Waals surface area (Å²) in [5, 5.41) is 13.8. The van der Waals surface area contributed by atoms with E-state index in [-0.39, 0.29) is 11.0 Å². The first kappa shape index (κ1) is 12.5. The molecule has 2 aromatic rings. The maximum Gasteiger partial charge on any atom is 0.262 e. The maximum absolute atomic E-state index is 11.8. The molecule has 2 heterocycles. The Morgan fingerprint density at radius 3 is 3.00 bits per heavy atom. The van der Waals surface area contributed by atoms with Gasteiger partial charge in [-0.15, -0.1) is 11.3 Å². The first-order valence-corrected chi connectivity index (χ1v) is 6.08. The molecule has 18 heavy (non-hydrogen) atoms. The fraction of sp³-hybridized carbons (Fsp3) is 0.182. The lowest BCUT2D eigenvalue weighted by atomic mass is 10.2. The molecular formula is C11H11N3O3S. The molecule has 0 spiro atoms. The summed E-state index contributed by atoms with van der Waals surface area (Å²) in [5.41, 5.74) is 0.141. The van der Waals surface area contributed by atoms with Crippen LogP contribution in [0.5, 0.6) is 0 Å². The second-order valence-electron chi connectivity index (χ2n) is 3.63. The average molecular weight is 265 g/mol. The Morgan fingerprint density at radius 2 is 2.39 bits per heavy atom. The number of aliphatic hydroxyl groups excluding tert-OH is 1. The number of rotatable bonds is 3. The molecule has 0 bridgehead atoms. The zero-order valence-electron chi connectivity index (χ0n) is 9.51. The highest BCUT2D eigenvalue weighted by Gasteiger charge is 2.13. The maximum atomic E-state index is 11.8. The number of aliphatic hydroxyl groups is 1. The highest BCUT2D eigenvalue weighted by molar-refractivity contribution is 7.14. The van der Waals surface area contributed by atoms with E-state index in [4.69, 9.17) is 0 Å². The van der Waals surface area contributed by atoms with E-state index in [0.717, 1.165) is 0 Å². The molecule has 0 saturated carbocycles. The van der Waals surface area contributed by atoms with Gasteiger partial charge in [0, 0.05) is 23.8 Å². The summed E-state index contributed by atoms with van der Waals surface area (Å²) < 4.78 is 0. The number of nitrogens with zero attached hydrogens (tertiary/aromatic N) is 1. The van der Waals surface area contributed by atoms with E-state index in [0.29, 0.717) is 10.8 Å². The third kappa shape index (κ3) is 2.63. The predicted molar refractivity (Wildman–Crippen MR) is 67.8 cm³/mol. The van der Waals surface area contributed by atoms with Crippen molar-refractivity contribution >= 4 is 22.4 Å². The van der Waals surface area contributed by atoms with Crippen molar-refractivity contribution in [2.24, 2.45) is 0 Å². The molecule has 6 nitrogen and oxygen atoms in total. The van der Waals surface area contributed by atoms with Crippen LogP contribution in [0.15, 0.2) is 28.6 Å². The van der Waals surface area contributed by atoms with E-state index in [1.165, 1.54) is 29.8 Å². The predicted octanol–water partition coefficient (Wildman–Crippen LogP) is 1.14. The monoisotopic (exact) mass is 265 g/mol. The third-order valence-corrected chi connectivity index (χ3v) is 3.02. The summed E-state index contributed by atoms with van der Waals surface area (Å²) in [7, 11) is 0. The molecule has 0 saturated heterocycles. The minimum atomic E-state index is -0.688. The van der Waals surface area contributed by atoms with Gasteiger partial charge in [-0.25, -0.2) is 4.98 Å². The van der Waals surface area contributed by atoms with Gasteiger partial charge in [0.15, 0.2) is 10.6 Å². The van der Waals surface area contributed by atoms with E-state index in [2.05, 4.69) is 15.3 Å². The fourth-order valence-corrected chi connectivity index (χ4v) is 2.09. The molecule has 94 valence electrons. The fourth-order valence-electron chi connectivity index (χ4n) is 1.29. The van der Waals surface area contributed by atoms with Crippen LogP contribution in [0.2, 0.25) is 0 Å². The molecule has 7 heteroatoms. The highest BCUT2D eigenvalue weighted by Crippen LogP contribution is 2.20. The molecule has 1 amide bonds. The molecule has 2 aromatic heterocycles. The van der Waals surface area contributed by atoms with Crippen molar-refractivity contribution in [2.75, 3.05) is 5.32 Å². The van der Waals surface area contributed by atoms with Crippen LogP contribution in [0.25, 0.3) is 0 Å². The second kappa shape index (κ2) is 5.11. The molecule has 0 radical (unpaired) electrons. The van der Waals surface area contributed by atoms with Crippen molar-refractivity contribution < 1.29 is 9.90 Å². The lowest BCUT2D eigenvalue weighted by molar-refractivity contribution is 0.102. The average Bonchev–Trinajstić information content (AvgIpc) is 2.78. The number of hydrogen-bond donors (Lipinski definition) is 3. The van der Waals surface area contributed by atoms with Crippen LogP contribution in [-0.4, -0.2) is 21.0 Å². The zero-order valence-corrected chi connectivity index (χ0v) is 10.3. The molecule has 0 aliphatic rings. The van der Waals surface area contributed by atoms with Crippen LogP contribution in [0.4, 0.5) is 5.13 Å². The first-order chi connectivity index (χ1) is 8.58. The van der Waals surface area contributed by atoms with Gasteiger partial charge in [0.2, 0.25) is 0 Å². The van der Waals surface area contributed by atoms with Crippen LogP contribution in [-0.2, 0) is 0 Å². The lowest BCUT2D eigenvalue weighted by Crippen LogP contribution is -2.20. The largest absolute Gasteiger partial charge is 0.387 e. The van der Waals surface area contributed by atoms with Crippen LogP contribution < -0.4 is 10.7 Å². The standard InChI is InChI=1S/C11H11N3O3S/c1-6(15)8-5-18-11(13-8)14-10(17)7-4-12-3-2-9(7)16/h2-6,15H,1H3,(H,12,16)(H,13,14,17). The van der Waals surface area contributed by atoms with E-state index in [1.54, 1.807) is 12.3 Å². The smallest absolute Gasteiger partial charge is 0.262 e. The topological polar surface area (TPSA) is 95.1 Å². The summed E-state index contributed by atoms with van der Waals surface area (Å²) in [6, 6.07) is 1.28. The number of carbonyl (C=O) groups is 1. The van der Waals surface area contributed by atoms with Crippen molar-refractivity contribution in [3.05, 3.63) is 45.3 Å². The molecule has 0 aliphatic carbocycles. The number of carbonyl (C=O) groups excluding carboxylic acids is 1. The van der Waals surface area contributed by atoms with Crippen molar-refractivity contribution in [3.8, 4) is 0 Å². The number of anilines is 1. The molecule has 1 atom stereocenters. The first-order valence-electron chi connectivity index (χ1n) is 5.20. The number of aromatic amines is 1. The highest BCUT2D eigenvalue weighted by atomic mass is 32.1. The van der Waals surface area contributed by atoms with Crippen molar-refractivity contribution in [2.45, 2.75) is 13.0 Å². The molecular weight excluding hydrogens is 254 g/mol. The van der Waals surface area contributed by atoms with Crippen LogP contribution in [0.3, 0.4) is 0 Å². The molecule has 0 aliphatic heterocycles. The van der Waals surface area contributed by atoms with Gasteiger partial charge in [-0.1, -0.05) is 0 Å². The number of thiazole rings is 1. The van der Waals surface area contributed by atoms with Gasteiger partial charge in [0.05, 0.1) is 11.8 Å². The minimum absolute atomic E-state index is 0.0197. The van der Waals surface area contributed by atoms with Gasteiger partial charge in [0.1, 0.15) is 5.56 Å². The SMILES string of the molecule is CC(O)c1csc(NC(=O)c2c[nH]ccc2=O)n1. The molecule has 3 N–H and O–H groups in total. The van der Waals surface area contributed by atoms with Gasteiger partial charge < -0.3 is 10.1 Å². The van der Waals surface area contributed by atoms with Crippen molar-refractivity contribution in [1.29, 1.82) is 0 Å². The minimum Gasteiger partial charge on any atom is -0.387 e. The zero-order chi connectivity index (χ0) is 13.1. The van der Waals surface area contributed by atoms with Gasteiger partial charge in [-0.05, 0) is 6.92 Å². The van der Waals surface area contributed by atoms with E-state index < -0.39 is 12.0 Å². The molecule has 0 fully saturated rings. The van der Waals surface area contributed by atoms with Gasteiger partial charge in [-0.3, -0.25) is 14.9 Å². The summed E-state index contributed by atoms with van der Waals surface area (Å²) in [6.45, 7) is 1.59. The van der Waals surface area contributed by atoms with Crippen LogP contribution >= 0.6 is 11.3 Å². The number of aromatic nitrogens is 2. The Kier molecular flexibility index (Phi) is 3.54. The molecule has 0 aromatic carbocycles. The Balaban J connectivity index is 2.17. The van der Waals surface area contributed by atoms with Gasteiger partial charge in [-0.2, -0.15) is 0 Å². The second-order valence-corrected chi connectivity index (χ2v) is 4.49. The quantitative estimate of drug-likeness (QED) is 0.775. The van der Waals surface area contributed by atoms with Gasteiger partial charge in [0.25, 0.3) is 5.91 Å². The van der Waals surface area contributed by atoms with Gasteiger partial charge >= 0.3 is 0 Å². The Bertz CT molecular complexity index is 618. The Morgan fingerprint density at radius 1 is 1.61 bits per heavy atom. The normalized spacial score (nSPS) is 12.1. The lowest BCUT2D eigenvalue weighted by Gasteiger charge is -2.00. The van der Waals surface area contributed by atoms with E-state index >= 15 is 0 Å². The molecule has 1 unspecified atom stereocenters. The number of amides is 1. The molecule has 2 rings (SSSR count). The van der Waals surface area contributed by atoms with Crippen molar-refractivity contribution in [3.63, 3.8) is 0 Å². The number of pyridine rings is 1. The summed E-state index contributed by atoms with van der Waals surface area (Å²) in [4.78, 5) is 29.9. The number of hydrogen-bond acceptors (Lipinski definition) is 5. The number of H-pyrrole nitrogens is 1.